The molecule has 0 bridgehead atoms. The number of aliphatic carboxylic acids is 1. The van der Waals surface area contributed by atoms with Crippen molar-refractivity contribution in [1.29, 1.82) is 0 Å². The lowest BCUT2D eigenvalue weighted by atomic mass is 10.0. The SMILES string of the molecule is CCC(CC)(CNC(=O)N1CCC(C(=O)O)C1)SC. The maximum Gasteiger partial charge on any atom is 0.317 e. The van der Waals surface area contributed by atoms with Crippen LogP contribution in [0.3, 0.4) is 0 Å². The zero-order valence-corrected chi connectivity index (χ0v) is 12.8. The van der Waals surface area contributed by atoms with Crippen molar-refractivity contribution in [3.63, 3.8) is 0 Å². The van der Waals surface area contributed by atoms with E-state index in [1.165, 1.54) is 0 Å². The van der Waals surface area contributed by atoms with Crippen molar-refractivity contribution in [3.05, 3.63) is 0 Å². The highest BCUT2D eigenvalue weighted by Crippen LogP contribution is 2.29. The van der Waals surface area contributed by atoms with Crippen LogP contribution < -0.4 is 5.32 Å². The lowest BCUT2D eigenvalue weighted by molar-refractivity contribution is -0.141. The van der Waals surface area contributed by atoms with Gasteiger partial charge in [0.05, 0.1) is 5.92 Å². The van der Waals surface area contributed by atoms with E-state index in [0.29, 0.717) is 26.1 Å². The van der Waals surface area contributed by atoms with Crippen molar-refractivity contribution in [3.8, 4) is 0 Å². The molecule has 1 rings (SSSR count). The van der Waals surface area contributed by atoms with E-state index < -0.39 is 11.9 Å². The van der Waals surface area contributed by atoms with Crippen LogP contribution >= 0.6 is 11.8 Å². The molecule has 6 heteroatoms. The maximum absolute atomic E-state index is 12.0. The number of thioether (sulfide) groups is 1. The summed E-state index contributed by atoms with van der Waals surface area (Å²) in [5, 5.41) is 11.9. The van der Waals surface area contributed by atoms with E-state index in [4.69, 9.17) is 5.11 Å². The standard InChI is InChI=1S/C13H24N2O3S/c1-4-13(5-2,19-3)9-14-12(18)15-7-6-10(8-15)11(16)17/h10H,4-9H2,1-3H3,(H,14,18)(H,16,17). The van der Waals surface area contributed by atoms with Crippen molar-refractivity contribution in [2.75, 3.05) is 25.9 Å². The molecule has 0 aromatic rings. The second-order valence-corrected chi connectivity index (χ2v) is 6.30. The number of carboxylic acids is 1. The average molecular weight is 288 g/mol. The predicted molar refractivity (Wildman–Crippen MR) is 77.5 cm³/mol. The van der Waals surface area contributed by atoms with Gasteiger partial charge in [-0.25, -0.2) is 4.79 Å². The first-order chi connectivity index (χ1) is 8.98. The molecule has 0 saturated carbocycles. The van der Waals surface area contributed by atoms with E-state index in [9.17, 15) is 9.59 Å². The van der Waals surface area contributed by atoms with Crippen molar-refractivity contribution >= 4 is 23.8 Å². The second-order valence-electron chi connectivity index (χ2n) is 5.02. The van der Waals surface area contributed by atoms with Crippen molar-refractivity contribution in [2.24, 2.45) is 5.92 Å². The summed E-state index contributed by atoms with van der Waals surface area (Å²) in [5.41, 5.74) is 0. The molecule has 2 N–H and O–H groups in total. The van der Waals surface area contributed by atoms with Gasteiger partial charge in [0.15, 0.2) is 0 Å². The quantitative estimate of drug-likeness (QED) is 0.784. The van der Waals surface area contributed by atoms with Crippen LogP contribution in [0.4, 0.5) is 4.79 Å². The van der Waals surface area contributed by atoms with Gasteiger partial charge in [0.25, 0.3) is 0 Å². The summed E-state index contributed by atoms with van der Waals surface area (Å²) in [6.45, 7) is 5.75. The number of carbonyl (C=O) groups is 2. The summed E-state index contributed by atoms with van der Waals surface area (Å²) in [6.07, 6.45) is 4.62. The number of hydrogen-bond acceptors (Lipinski definition) is 3. The molecule has 0 aromatic heterocycles. The first-order valence-corrected chi connectivity index (χ1v) is 8.01. The molecule has 2 amide bonds. The number of urea groups is 1. The number of carbonyl (C=O) groups excluding carboxylic acids is 1. The molecule has 0 aliphatic carbocycles. The van der Waals surface area contributed by atoms with Crippen LogP contribution in [0.1, 0.15) is 33.1 Å². The molecule has 0 aromatic carbocycles. The molecule has 1 unspecified atom stereocenters. The number of carboxylic acid groups (broad SMARTS) is 1. The fourth-order valence-electron chi connectivity index (χ4n) is 2.36. The van der Waals surface area contributed by atoms with Crippen molar-refractivity contribution < 1.29 is 14.7 Å². The van der Waals surface area contributed by atoms with Gasteiger partial charge in [-0.05, 0) is 25.5 Å². The van der Waals surface area contributed by atoms with Gasteiger partial charge >= 0.3 is 12.0 Å². The lowest BCUT2D eigenvalue weighted by Gasteiger charge is -2.30. The zero-order valence-electron chi connectivity index (χ0n) is 11.9. The smallest absolute Gasteiger partial charge is 0.317 e. The molecule has 19 heavy (non-hydrogen) atoms. The Morgan fingerprint density at radius 3 is 2.47 bits per heavy atom. The molecule has 1 saturated heterocycles. The minimum atomic E-state index is -0.809. The van der Waals surface area contributed by atoms with E-state index in [2.05, 4.69) is 25.4 Å². The largest absolute Gasteiger partial charge is 0.481 e. The van der Waals surface area contributed by atoms with Gasteiger partial charge in [-0.3, -0.25) is 4.79 Å². The highest BCUT2D eigenvalue weighted by molar-refractivity contribution is 8.00. The van der Waals surface area contributed by atoms with Gasteiger partial charge in [-0.1, -0.05) is 13.8 Å². The van der Waals surface area contributed by atoms with Gasteiger partial charge < -0.3 is 15.3 Å². The summed E-state index contributed by atoms with van der Waals surface area (Å²) in [5.74, 6) is -1.22. The van der Waals surface area contributed by atoms with Crippen molar-refractivity contribution in [1.82, 2.24) is 10.2 Å². The fraction of sp³-hybridized carbons (Fsp3) is 0.846. The third kappa shape index (κ3) is 4.03. The number of rotatable bonds is 6. The molecular formula is C13H24N2O3S. The first kappa shape index (κ1) is 16.1. The Hall–Kier alpha value is -0.910. The van der Waals surface area contributed by atoms with Crippen LogP contribution in [-0.2, 0) is 4.79 Å². The number of nitrogens with zero attached hydrogens (tertiary/aromatic N) is 1. The molecule has 5 nitrogen and oxygen atoms in total. The summed E-state index contributed by atoms with van der Waals surface area (Å²) in [7, 11) is 0. The normalized spacial score (nSPS) is 19.5. The Morgan fingerprint density at radius 1 is 1.42 bits per heavy atom. The highest BCUT2D eigenvalue weighted by Gasteiger charge is 2.32. The van der Waals surface area contributed by atoms with E-state index in [-0.39, 0.29) is 10.8 Å². The van der Waals surface area contributed by atoms with Crippen LogP contribution in [0, 0.1) is 5.92 Å². The monoisotopic (exact) mass is 288 g/mol. The van der Waals surface area contributed by atoms with E-state index in [1.807, 2.05) is 0 Å². The first-order valence-electron chi connectivity index (χ1n) is 6.78. The lowest BCUT2D eigenvalue weighted by Crippen LogP contribution is -2.45. The zero-order chi connectivity index (χ0) is 14.5. The Labute approximate surface area is 119 Å². The van der Waals surface area contributed by atoms with Gasteiger partial charge in [-0.15, -0.1) is 0 Å². The molecule has 0 radical (unpaired) electrons. The Morgan fingerprint density at radius 2 is 2.05 bits per heavy atom. The van der Waals surface area contributed by atoms with E-state index in [0.717, 1.165) is 12.8 Å². The topological polar surface area (TPSA) is 69.6 Å². The second kappa shape index (κ2) is 7.03. The van der Waals surface area contributed by atoms with Crippen LogP contribution in [0.25, 0.3) is 0 Å². The summed E-state index contributed by atoms with van der Waals surface area (Å²) < 4.78 is 0.0849. The summed E-state index contributed by atoms with van der Waals surface area (Å²) in [4.78, 5) is 24.5. The molecule has 1 atom stereocenters. The Bertz CT molecular complexity index is 324. The third-order valence-corrected chi connectivity index (χ3v) is 5.70. The minimum Gasteiger partial charge on any atom is -0.481 e. The van der Waals surface area contributed by atoms with Gasteiger partial charge in [0.2, 0.25) is 0 Å². The van der Waals surface area contributed by atoms with Gasteiger partial charge in [0, 0.05) is 24.4 Å². The number of amides is 2. The fourth-order valence-corrected chi connectivity index (χ4v) is 3.15. The molecule has 0 spiro atoms. The summed E-state index contributed by atoms with van der Waals surface area (Å²) >= 11 is 1.78. The van der Waals surface area contributed by atoms with E-state index in [1.54, 1.807) is 16.7 Å². The molecule has 1 aliphatic rings. The van der Waals surface area contributed by atoms with Crippen LogP contribution in [0.2, 0.25) is 0 Å². The number of hydrogen-bond donors (Lipinski definition) is 2. The molecule has 110 valence electrons. The Kier molecular flexibility index (Phi) is 5.97. The predicted octanol–water partition coefficient (Wildman–Crippen LogP) is 2.02. The Balaban J connectivity index is 2.46. The highest BCUT2D eigenvalue weighted by atomic mass is 32.2. The van der Waals surface area contributed by atoms with E-state index >= 15 is 0 Å². The minimum absolute atomic E-state index is 0.0849. The molecule has 1 fully saturated rings. The molecule has 1 heterocycles. The third-order valence-electron chi connectivity index (χ3n) is 4.11. The van der Waals surface area contributed by atoms with Crippen molar-refractivity contribution in [2.45, 2.75) is 37.9 Å². The van der Waals surface area contributed by atoms with Gasteiger partial charge in [0.1, 0.15) is 0 Å². The molecular weight excluding hydrogens is 264 g/mol. The van der Waals surface area contributed by atoms with Gasteiger partial charge in [-0.2, -0.15) is 11.8 Å². The molecule has 1 aliphatic heterocycles. The van der Waals surface area contributed by atoms with Crippen LogP contribution in [-0.4, -0.2) is 52.6 Å². The summed E-state index contributed by atoms with van der Waals surface area (Å²) in [6, 6.07) is -0.135. The average Bonchev–Trinajstić information content (AvgIpc) is 2.90. The van der Waals surface area contributed by atoms with Crippen LogP contribution in [0.5, 0.6) is 0 Å². The number of likely N-dealkylation sites (tertiary alicyclic amines) is 1. The maximum atomic E-state index is 12.0. The number of nitrogens with one attached hydrogen (secondary N) is 1. The van der Waals surface area contributed by atoms with Crippen LogP contribution in [0.15, 0.2) is 0 Å².